The van der Waals surface area contributed by atoms with Crippen molar-refractivity contribution in [2.45, 2.75) is 31.1 Å². The van der Waals surface area contributed by atoms with Crippen molar-refractivity contribution in [3.05, 3.63) is 58.0 Å². The number of hydrogen-bond acceptors (Lipinski definition) is 4. The maximum Gasteiger partial charge on any atom is 0.261 e. The number of nitrogens with zero attached hydrogens (tertiary/aromatic N) is 1. The molecule has 3 aliphatic rings. The van der Waals surface area contributed by atoms with E-state index in [0.29, 0.717) is 18.4 Å². The minimum atomic E-state index is -0.184. The Morgan fingerprint density at radius 2 is 2.30 bits per heavy atom. The van der Waals surface area contributed by atoms with Gasteiger partial charge in [-0.3, -0.25) is 9.69 Å². The molecule has 1 aromatic carbocycles. The van der Waals surface area contributed by atoms with Crippen molar-refractivity contribution in [3.8, 4) is 0 Å². The number of nitrogens with one attached hydrogen (secondary N) is 1. The molecule has 0 unspecified atom stereocenters. The average Bonchev–Trinajstić information content (AvgIpc) is 3.40. The van der Waals surface area contributed by atoms with Gasteiger partial charge in [0.2, 0.25) is 0 Å². The van der Waals surface area contributed by atoms with Gasteiger partial charge in [-0.1, -0.05) is 18.2 Å². The molecule has 2 aromatic rings. The molecule has 0 radical (unpaired) electrons. The fourth-order valence-corrected chi connectivity index (χ4v) is 5.92. The van der Waals surface area contributed by atoms with Crippen molar-refractivity contribution in [1.82, 2.24) is 10.2 Å². The molecule has 1 amide bonds. The fraction of sp³-hybridized carbons (Fsp3) is 0.476. The van der Waals surface area contributed by atoms with Crippen molar-refractivity contribution in [2.24, 2.45) is 11.8 Å². The fourth-order valence-electron chi connectivity index (χ4n) is 5.28. The van der Waals surface area contributed by atoms with Gasteiger partial charge in [-0.2, -0.15) is 0 Å². The lowest BCUT2D eigenvalue weighted by molar-refractivity contribution is 0.00212. The monoisotopic (exact) mass is 386 g/mol. The topological polar surface area (TPSA) is 41.6 Å². The quantitative estimate of drug-likeness (QED) is 0.857. The first-order valence-corrected chi connectivity index (χ1v) is 10.5. The van der Waals surface area contributed by atoms with Gasteiger partial charge >= 0.3 is 0 Å². The molecule has 0 saturated carbocycles. The zero-order valence-electron chi connectivity index (χ0n) is 15.1. The molecule has 3 aliphatic heterocycles. The summed E-state index contributed by atoms with van der Waals surface area (Å²) in [7, 11) is 0. The normalized spacial score (nSPS) is 32.0. The van der Waals surface area contributed by atoms with Crippen LogP contribution in [0.1, 0.15) is 28.1 Å². The highest BCUT2D eigenvalue weighted by Gasteiger charge is 2.62. The van der Waals surface area contributed by atoms with Crippen LogP contribution >= 0.6 is 11.3 Å². The van der Waals surface area contributed by atoms with Gasteiger partial charge in [0.25, 0.3) is 5.91 Å². The third-order valence-electron chi connectivity index (χ3n) is 6.39. The van der Waals surface area contributed by atoms with Gasteiger partial charge < -0.3 is 10.1 Å². The Morgan fingerprint density at radius 1 is 1.37 bits per heavy atom. The molecule has 142 valence electrons. The highest BCUT2D eigenvalue weighted by Crippen LogP contribution is 2.54. The summed E-state index contributed by atoms with van der Waals surface area (Å²) in [5.74, 6) is 0.626. The number of carbonyl (C=O) groups is 1. The van der Waals surface area contributed by atoms with E-state index in [0.717, 1.165) is 42.9 Å². The van der Waals surface area contributed by atoms with E-state index in [9.17, 15) is 9.18 Å². The first-order valence-electron chi connectivity index (χ1n) is 9.59. The van der Waals surface area contributed by atoms with E-state index in [1.54, 1.807) is 12.1 Å². The number of amides is 1. The molecule has 0 aliphatic carbocycles. The summed E-state index contributed by atoms with van der Waals surface area (Å²) in [4.78, 5) is 15.5. The second kappa shape index (κ2) is 6.69. The Hall–Kier alpha value is -1.76. The van der Waals surface area contributed by atoms with Crippen molar-refractivity contribution >= 4 is 17.2 Å². The Bertz CT molecular complexity index is 842. The summed E-state index contributed by atoms with van der Waals surface area (Å²) in [6.07, 6.45) is 2.43. The largest absolute Gasteiger partial charge is 0.370 e. The van der Waals surface area contributed by atoms with Crippen molar-refractivity contribution < 1.29 is 13.9 Å². The second-order valence-electron chi connectivity index (χ2n) is 8.02. The van der Waals surface area contributed by atoms with Crippen LogP contribution < -0.4 is 5.32 Å². The Balaban J connectivity index is 1.26. The number of hydrogen-bond donors (Lipinski definition) is 1. The third-order valence-corrected chi connectivity index (χ3v) is 7.26. The van der Waals surface area contributed by atoms with Gasteiger partial charge in [-0.15, -0.1) is 11.3 Å². The van der Waals surface area contributed by atoms with E-state index in [1.165, 1.54) is 17.4 Å². The number of fused-ring (bicyclic) bond motifs is 1. The highest BCUT2D eigenvalue weighted by molar-refractivity contribution is 7.12. The van der Waals surface area contributed by atoms with Crippen LogP contribution in [-0.4, -0.2) is 42.1 Å². The zero-order chi connectivity index (χ0) is 18.4. The van der Waals surface area contributed by atoms with Gasteiger partial charge in [0.1, 0.15) is 5.82 Å². The predicted molar refractivity (Wildman–Crippen MR) is 102 cm³/mol. The summed E-state index contributed by atoms with van der Waals surface area (Å²) >= 11 is 1.47. The van der Waals surface area contributed by atoms with E-state index in [-0.39, 0.29) is 23.4 Å². The molecule has 3 saturated heterocycles. The maximum absolute atomic E-state index is 13.5. The molecule has 1 spiro atoms. The molecular weight excluding hydrogens is 363 g/mol. The summed E-state index contributed by atoms with van der Waals surface area (Å²) in [5.41, 5.74) is 0.930. The lowest BCUT2D eigenvalue weighted by atomic mass is 9.73. The van der Waals surface area contributed by atoms with Crippen LogP contribution in [0.4, 0.5) is 4.39 Å². The van der Waals surface area contributed by atoms with E-state index >= 15 is 0 Å². The minimum absolute atomic E-state index is 0.0106. The molecule has 1 aromatic heterocycles. The number of likely N-dealkylation sites (tertiary alicyclic amines) is 1. The molecule has 5 rings (SSSR count). The van der Waals surface area contributed by atoms with Crippen molar-refractivity contribution in [1.29, 1.82) is 0 Å². The van der Waals surface area contributed by atoms with Crippen molar-refractivity contribution in [3.63, 3.8) is 0 Å². The van der Waals surface area contributed by atoms with Gasteiger partial charge in [-0.05, 0) is 42.0 Å². The van der Waals surface area contributed by atoms with E-state index in [1.807, 2.05) is 23.6 Å². The smallest absolute Gasteiger partial charge is 0.261 e. The van der Waals surface area contributed by atoms with Crippen LogP contribution in [0.3, 0.4) is 0 Å². The average molecular weight is 386 g/mol. The molecule has 4 nitrogen and oxygen atoms in total. The Labute approximate surface area is 162 Å². The summed E-state index contributed by atoms with van der Waals surface area (Å²) in [6.45, 7) is 3.27. The van der Waals surface area contributed by atoms with E-state index < -0.39 is 0 Å². The number of carbonyl (C=O) groups excluding carboxylic acids is 1. The number of thiophene rings is 1. The molecule has 2 bridgehead atoms. The molecule has 6 heteroatoms. The van der Waals surface area contributed by atoms with Crippen LogP contribution in [0, 0.1) is 17.7 Å². The standard InChI is InChI=1S/C21H23FN2O2S/c22-15-4-1-3-14(9-15)11-24-12-17-16(18-6-7-21(17,13-24)26-18)10-23-20(25)19-5-2-8-27-19/h1-5,8-9,16-18H,6-7,10-13H2,(H,23,25)/t16-,17+,18+,21+/m0/s1. The number of halogens is 1. The lowest BCUT2D eigenvalue weighted by Crippen LogP contribution is -2.41. The first-order chi connectivity index (χ1) is 13.1. The molecule has 27 heavy (non-hydrogen) atoms. The summed E-state index contributed by atoms with van der Waals surface area (Å²) < 4.78 is 19.9. The van der Waals surface area contributed by atoms with E-state index in [4.69, 9.17) is 4.74 Å². The van der Waals surface area contributed by atoms with Gasteiger partial charge in [0.15, 0.2) is 0 Å². The lowest BCUT2D eigenvalue weighted by Gasteiger charge is -2.29. The van der Waals surface area contributed by atoms with Crippen LogP contribution in [0.5, 0.6) is 0 Å². The second-order valence-corrected chi connectivity index (χ2v) is 8.96. The zero-order valence-corrected chi connectivity index (χ0v) is 15.9. The van der Waals surface area contributed by atoms with Crippen LogP contribution in [0.2, 0.25) is 0 Å². The Morgan fingerprint density at radius 3 is 3.11 bits per heavy atom. The van der Waals surface area contributed by atoms with Crippen LogP contribution in [0.15, 0.2) is 41.8 Å². The van der Waals surface area contributed by atoms with Gasteiger partial charge in [0.05, 0.1) is 16.6 Å². The van der Waals surface area contributed by atoms with Crippen LogP contribution in [-0.2, 0) is 11.3 Å². The highest BCUT2D eigenvalue weighted by atomic mass is 32.1. The van der Waals surface area contributed by atoms with Gasteiger partial charge in [-0.25, -0.2) is 4.39 Å². The minimum Gasteiger partial charge on any atom is -0.370 e. The molecular formula is C21H23FN2O2S. The number of benzene rings is 1. The molecule has 4 heterocycles. The molecule has 1 N–H and O–H groups in total. The maximum atomic E-state index is 13.5. The van der Waals surface area contributed by atoms with Crippen LogP contribution in [0.25, 0.3) is 0 Å². The Kier molecular flexibility index (Phi) is 4.30. The molecule has 4 atom stereocenters. The van der Waals surface area contributed by atoms with Crippen molar-refractivity contribution in [2.75, 3.05) is 19.6 Å². The van der Waals surface area contributed by atoms with E-state index in [2.05, 4.69) is 10.2 Å². The summed E-state index contributed by atoms with van der Waals surface area (Å²) in [5, 5.41) is 5.04. The molecule has 3 fully saturated rings. The SMILES string of the molecule is O=C(NC[C@H]1[C@H]2CN(Cc3cccc(F)c3)C[C@]23CC[C@H]1O3)c1cccs1. The first kappa shape index (κ1) is 17.3. The predicted octanol–water partition coefficient (Wildman–Crippen LogP) is 3.30. The number of ether oxygens (including phenoxy) is 1. The number of rotatable bonds is 5. The summed E-state index contributed by atoms with van der Waals surface area (Å²) in [6, 6.07) is 10.6. The van der Waals surface area contributed by atoms with Gasteiger partial charge in [0, 0.05) is 38.0 Å². The third kappa shape index (κ3) is 3.10.